The first-order chi connectivity index (χ1) is 9.97. The van der Waals surface area contributed by atoms with Crippen LogP contribution in [0.3, 0.4) is 0 Å². The van der Waals surface area contributed by atoms with E-state index in [1.807, 2.05) is 4.57 Å². The van der Waals surface area contributed by atoms with Gasteiger partial charge in [-0.2, -0.15) is 0 Å². The van der Waals surface area contributed by atoms with E-state index in [1.165, 1.54) is 0 Å². The number of aryl methyl sites for hydroxylation is 1. The number of aromatic carboxylic acids is 1. The number of carboxylic acid groups (broad SMARTS) is 1. The van der Waals surface area contributed by atoms with Crippen LogP contribution in [-0.2, 0) is 0 Å². The molecule has 0 aromatic carbocycles. The van der Waals surface area contributed by atoms with Crippen molar-refractivity contribution in [1.82, 2.24) is 4.57 Å². The van der Waals surface area contributed by atoms with E-state index >= 15 is 0 Å². The van der Waals surface area contributed by atoms with E-state index < -0.39 is 5.97 Å². The summed E-state index contributed by atoms with van der Waals surface area (Å²) in [6.07, 6.45) is 3.80. The standard InChI is InChI=1S/C14H13ClN2O3S/c1-7-6-21-12(14(19)20)11(7)16-13(18)10-4-8(15)5-17(10)9-2-3-9/h4-6,9H,2-3H2,1H3,(H,16,18)(H,19,20). The van der Waals surface area contributed by atoms with Gasteiger partial charge in [-0.25, -0.2) is 4.79 Å². The number of nitrogens with zero attached hydrogens (tertiary/aromatic N) is 1. The summed E-state index contributed by atoms with van der Waals surface area (Å²) >= 11 is 7.09. The topological polar surface area (TPSA) is 71.3 Å². The second kappa shape index (κ2) is 5.20. The highest BCUT2D eigenvalue weighted by Crippen LogP contribution is 2.38. The number of carbonyl (C=O) groups excluding carboxylic acids is 1. The van der Waals surface area contributed by atoms with E-state index in [9.17, 15) is 9.59 Å². The minimum atomic E-state index is -1.04. The van der Waals surface area contributed by atoms with Crippen molar-refractivity contribution >= 4 is 40.5 Å². The first-order valence-electron chi connectivity index (χ1n) is 6.47. The van der Waals surface area contributed by atoms with Crippen LogP contribution >= 0.6 is 22.9 Å². The van der Waals surface area contributed by atoms with Crippen LogP contribution in [0.15, 0.2) is 17.6 Å². The average molecular weight is 325 g/mol. The number of carboxylic acids is 1. The molecule has 2 aromatic rings. The second-order valence-electron chi connectivity index (χ2n) is 5.06. The molecule has 0 aliphatic heterocycles. The lowest BCUT2D eigenvalue weighted by Crippen LogP contribution is -2.17. The predicted molar refractivity (Wildman–Crippen MR) is 81.7 cm³/mol. The van der Waals surface area contributed by atoms with E-state index in [0.29, 0.717) is 22.4 Å². The molecular weight excluding hydrogens is 312 g/mol. The number of carbonyl (C=O) groups is 2. The number of thiophene rings is 1. The number of halogens is 1. The maximum atomic E-state index is 12.4. The molecule has 2 aromatic heterocycles. The molecule has 1 aliphatic rings. The summed E-state index contributed by atoms with van der Waals surface area (Å²) in [7, 11) is 0. The van der Waals surface area contributed by atoms with Crippen molar-refractivity contribution in [2.45, 2.75) is 25.8 Å². The SMILES string of the molecule is Cc1csc(C(=O)O)c1NC(=O)c1cc(Cl)cn1C1CC1. The Balaban J connectivity index is 1.90. The number of rotatable bonds is 4. The molecule has 2 heterocycles. The highest BCUT2D eigenvalue weighted by atomic mass is 35.5. The van der Waals surface area contributed by atoms with E-state index in [1.54, 1.807) is 24.6 Å². The van der Waals surface area contributed by atoms with Crippen molar-refractivity contribution in [2.75, 3.05) is 5.32 Å². The van der Waals surface area contributed by atoms with Gasteiger partial charge in [-0.05, 0) is 36.8 Å². The Hall–Kier alpha value is -1.79. The molecular formula is C14H13ClN2O3S. The van der Waals surface area contributed by atoms with Crippen LogP contribution in [0.4, 0.5) is 5.69 Å². The van der Waals surface area contributed by atoms with Crippen molar-refractivity contribution in [3.63, 3.8) is 0 Å². The van der Waals surface area contributed by atoms with Gasteiger partial charge in [0.25, 0.3) is 5.91 Å². The zero-order valence-electron chi connectivity index (χ0n) is 11.2. The summed E-state index contributed by atoms with van der Waals surface area (Å²) in [6, 6.07) is 1.93. The Morgan fingerprint density at radius 1 is 1.48 bits per heavy atom. The highest BCUT2D eigenvalue weighted by Gasteiger charge is 2.28. The van der Waals surface area contributed by atoms with Gasteiger partial charge in [0.05, 0.1) is 10.7 Å². The Bertz CT molecular complexity index is 731. The summed E-state index contributed by atoms with van der Waals surface area (Å²) in [6.45, 7) is 1.77. The van der Waals surface area contributed by atoms with Crippen molar-refractivity contribution in [1.29, 1.82) is 0 Å². The molecule has 0 bridgehead atoms. The van der Waals surface area contributed by atoms with Crippen molar-refractivity contribution in [3.05, 3.63) is 38.8 Å². The molecule has 1 aliphatic carbocycles. The lowest BCUT2D eigenvalue weighted by atomic mass is 10.2. The number of aromatic nitrogens is 1. The Labute approximate surface area is 130 Å². The Morgan fingerprint density at radius 2 is 2.19 bits per heavy atom. The number of amides is 1. The van der Waals surface area contributed by atoms with E-state index in [-0.39, 0.29) is 10.8 Å². The van der Waals surface area contributed by atoms with Crippen LogP contribution in [0.1, 0.15) is 44.6 Å². The lowest BCUT2D eigenvalue weighted by molar-refractivity contribution is 0.0703. The van der Waals surface area contributed by atoms with Gasteiger partial charge < -0.3 is 15.0 Å². The van der Waals surface area contributed by atoms with Gasteiger partial charge in [0.2, 0.25) is 0 Å². The van der Waals surface area contributed by atoms with Gasteiger partial charge >= 0.3 is 5.97 Å². The van der Waals surface area contributed by atoms with Crippen LogP contribution < -0.4 is 5.32 Å². The van der Waals surface area contributed by atoms with E-state index in [2.05, 4.69) is 5.32 Å². The van der Waals surface area contributed by atoms with Gasteiger partial charge in [0.15, 0.2) is 0 Å². The Morgan fingerprint density at radius 3 is 2.81 bits per heavy atom. The molecule has 1 fully saturated rings. The third-order valence-electron chi connectivity index (χ3n) is 3.40. The van der Waals surface area contributed by atoms with E-state index in [4.69, 9.17) is 16.7 Å². The minimum absolute atomic E-state index is 0.136. The molecule has 5 nitrogen and oxygen atoms in total. The fraction of sp³-hybridized carbons (Fsp3) is 0.286. The number of hydrogen-bond acceptors (Lipinski definition) is 3. The summed E-state index contributed by atoms with van der Waals surface area (Å²) in [5.41, 5.74) is 1.56. The summed E-state index contributed by atoms with van der Waals surface area (Å²) in [5, 5.41) is 14.1. The van der Waals surface area contributed by atoms with Crippen LogP contribution in [0.2, 0.25) is 5.02 Å². The van der Waals surface area contributed by atoms with Crippen LogP contribution in [0.5, 0.6) is 0 Å². The molecule has 0 spiro atoms. The number of nitrogens with one attached hydrogen (secondary N) is 1. The molecule has 110 valence electrons. The normalized spacial score (nSPS) is 14.2. The lowest BCUT2D eigenvalue weighted by Gasteiger charge is -2.09. The van der Waals surface area contributed by atoms with Gasteiger partial charge in [-0.15, -0.1) is 11.3 Å². The molecule has 7 heteroatoms. The van der Waals surface area contributed by atoms with Crippen LogP contribution in [0.25, 0.3) is 0 Å². The largest absolute Gasteiger partial charge is 0.477 e. The zero-order valence-corrected chi connectivity index (χ0v) is 12.8. The van der Waals surface area contributed by atoms with Gasteiger partial charge in [0.1, 0.15) is 10.6 Å². The smallest absolute Gasteiger partial charge is 0.348 e. The molecule has 0 radical (unpaired) electrons. The molecule has 1 saturated carbocycles. The summed E-state index contributed by atoms with van der Waals surface area (Å²) in [5.74, 6) is -1.38. The predicted octanol–water partition coefficient (Wildman–Crippen LogP) is 3.80. The van der Waals surface area contributed by atoms with Crippen molar-refractivity contribution in [2.24, 2.45) is 0 Å². The quantitative estimate of drug-likeness (QED) is 0.898. The van der Waals surface area contributed by atoms with Crippen LogP contribution in [-0.4, -0.2) is 21.6 Å². The molecule has 1 amide bonds. The van der Waals surface area contributed by atoms with Crippen molar-refractivity contribution in [3.8, 4) is 0 Å². The highest BCUT2D eigenvalue weighted by molar-refractivity contribution is 7.12. The third-order valence-corrected chi connectivity index (χ3v) is 4.69. The summed E-state index contributed by atoms with van der Waals surface area (Å²) in [4.78, 5) is 23.7. The van der Waals surface area contributed by atoms with Gasteiger partial charge in [-0.1, -0.05) is 11.6 Å². The summed E-state index contributed by atoms with van der Waals surface area (Å²) < 4.78 is 1.86. The van der Waals surface area contributed by atoms with Gasteiger partial charge in [-0.3, -0.25) is 4.79 Å². The number of anilines is 1. The zero-order chi connectivity index (χ0) is 15.1. The molecule has 3 rings (SSSR count). The third kappa shape index (κ3) is 2.69. The molecule has 0 atom stereocenters. The molecule has 0 saturated heterocycles. The van der Waals surface area contributed by atoms with E-state index in [0.717, 1.165) is 29.7 Å². The van der Waals surface area contributed by atoms with Gasteiger partial charge in [0, 0.05) is 12.2 Å². The average Bonchev–Trinajstić information content (AvgIpc) is 3.10. The fourth-order valence-corrected chi connectivity index (χ4v) is 3.27. The minimum Gasteiger partial charge on any atom is -0.477 e. The maximum absolute atomic E-state index is 12.4. The first kappa shape index (κ1) is 14.2. The second-order valence-corrected chi connectivity index (χ2v) is 6.38. The molecule has 0 unspecified atom stereocenters. The van der Waals surface area contributed by atoms with Crippen LogP contribution in [0, 0.1) is 6.92 Å². The fourth-order valence-electron chi connectivity index (χ4n) is 2.22. The monoisotopic (exact) mass is 324 g/mol. The molecule has 21 heavy (non-hydrogen) atoms. The Kier molecular flexibility index (Phi) is 3.51. The number of hydrogen-bond donors (Lipinski definition) is 2. The van der Waals surface area contributed by atoms with Crippen molar-refractivity contribution < 1.29 is 14.7 Å². The molecule has 2 N–H and O–H groups in total. The first-order valence-corrected chi connectivity index (χ1v) is 7.73. The maximum Gasteiger partial charge on any atom is 0.348 e.